The van der Waals surface area contributed by atoms with Gasteiger partial charge >= 0.3 is 0 Å². The minimum Gasteiger partial charge on any atom is -0.465 e. The predicted molar refractivity (Wildman–Crippen MR) is 42.6 cm³/mol. The maximum atomic E-state index is 5.10. The van der Waals surface area contributed by atoms with Gasteiger partial charge in [-0.05, 0) is 24.1 Å². The van der Waals surface area contributed by atoms with E-state index < -0.39 is 0 Å². The van der Waals surface area contributed by atoms with Gasteiger partial charge in [-0.25, -0.2) is 0 Å². The largest absolute Gasteiger partial charge is 0.465 e. The molecular weight excluding hydrogens is 124 g/mol. The Hall–Kier alpha value is -0.980. The summed E-state index contributed by atoms with van der Waals surface area (Å²) < 4.78 is 5.10. The summed E-state index contributed by atoms with van der Waals surface area (Å²) in [4.78, 5) is 0. The van der Waals surface area contributed by atoms with E-state index in [2.05, 4.69) is 19.9 Å². The molecule has 1 aromatic rings. The number of furan rings is 1. The molecule has 1 heteroatoms. The summed E-state index contributed by atoms with van der Waals surface area (Å²) in [5.41, 5.74) is 0. The molecule has 1 heterocycles. The van der Waals surface area contributed by atoms with Crippen LogP contribution in [0.25, 0.3) is 6.08 Å². The molecule has 0 amide bonds. The lowest BCUT2D eigenvalue weighted by molar-refractivity contribution is 0.556. The number of hydrogen-bond acceptors (Lipinski definition) is 1. The molecule has 1 nitrogen and oxygen atoms in total. The first-order chi connectivity index (χ1) is 4.79. The molecule has 1 rings (SSSR count). The van der Waals surface area contributed by atoms with E-state index in [4.69, 9.17) is 4.42 Å². The van der Waals surface area contributed by atoms with E-state index in [-0.39, 0.29) is 0 Å². The third-order valence-electron chi connectivity index (χ3n) is 1.19. The zero-order valence-corrected chi connectivity index (χ0v) is 6.37. The molecule has 0 saturated carbocycles. The summed E-state index contributed by atoms with van der Waals surface area (Å²) in [6, 6.07) is 3.83. The first-order valence-corrected chi connectivity index (χ1v) is 3.51. The van der Waals surface area contributed by atoms with Crippen molar-refractivity contribution in [3.05, 3.63) is 30.2 Å². The van der Waals surface area contributed by atoms with E-state index >= 15 is 0 Å². The summed E-state index contributed by atoms with van der Waals surface area (Å²) in [5, 5.41) is 0. The van der Waals surface area contributed by atoms with Crippen molar-refractivity contribution in [1.29, 1.82) is 0 Å². The van der Waals surface area contributed by atoms with Crippen LogP contribution in [-0.2, 0) is 0 Å². The molecule has 1 aromatic heterocycles. The van der Waals surface area contributed by atoms with E-state index in [1.807, 2.05) is 18.2 Å². The van der Waals surface area contributed by atoms with Crippen molar-refractivity contribution in [2.24, 2.45) is 5.92 Å². The molecule has 0 aliphatic rings. The van der Waals surface area contributed by atoms with Crippen molar-refractivity contribution in [3.8, 4) is 0 Å². The third kappa shape index (κ3) is 2.09. The van der Waals surface area contributed by atoms with Crippen molar-refractivity contribution in [2.75, 3.05) is 0 Å². The van der Waals surface area contributed by atoms with E-state index in [9.17, 15) is 0 Å². The number of allylic oxidation sites excluding steroid dienone is 1. The molecule has 0 spiro atoms. The van der Waals surface area contributed by atoms with Crippen LogP contribution >= 0.6 is 0 Å². The van der Waals surface area contributed by atoms with Crippen molar-refractivity contribution < 1.29 is 4.42 Å². The maximum absolute atomic E-state index is 5.10. The third-order valence-corrected chi connectivity index (χ3v) is 1.19. The molecule has 0 aromatic carbocycles. The highest BCUT2D eigenvalue weighted by Gasteiger charge is 1.87. The zero-order chi connectivity index (χ0) is 7.40. The Labute approximate surface area is 61.4 Å². The summed E-state index contributed by atoms with van der Waals surface area (Å²) in [6.45, 7) is 4.28. The fourth-order valence-corrected chi connectivity index (χ4v) is 0.673. The van der Waals surface area contributed by atoms with Crippen LogP contribution in [-0.4, -0.2) is 0 Å². The molecule has 0 atom stereocenters. The van der Waals surface area contributed by atoms with Gasteiger partial charge in [0.15, 0.2) is 0 Å². The summed E-state index contributed by atoms with van der Waals surface area (Å²) >= 11 is 0. The molecule has 54 valence electrons. The first kappa shape index (κ1) is 7.13. The Balaban J connectivity index is 2.55. The minimum absolute atomic E-state index is 0.588. The maximum Gasteiger partial charge on any atom is 0.126 e. The van der Waals surface area contributed by atoms with Gasteiger partial charge in [0.1, 0.15) is 5.76 Å². The van der Waals surface area contributed by atoms with Crippen LogP contribution < -0.4 is 0 Å². The van der Waals surface area contributed by atoms with Crippen LogP contribution in [0.15, 0.2) is 28.9 Å². The molecule has 0 radical (unpaired) electrons. The van der Waals surface area contributed by atoms with E-state index in [1.165, 1.54) is 0 Å². The van der Waals surface area contributed by atoms with Gasteiger partial charge in [0.25, 0.3) is 0 Å². The van der Waals surface area contributed by atoms with Gasteiger partial charge in [0.05, 0.1) is 6.26 Å². The first-order valence-electron chi connectivity index (χ1n) is 3.51. The summed E-state index contributed by atoms with van der Waals surface area (Å²) in [5.74, 6) is 1.51. The van der Waals surface area contributed by atoms with Crippen LogP contribution in [0.3, 0.4) is 0 Å². The molecule has 0 aliphatic carbocycles. The van der Waals surface area contributed by atoms with Gasteiger partial charge in [-0.15, -0.1) is 0 Å². The Morgan fingerprint density at radius 3 is 2.80 bits per heavy atom. The zero-order valence-electron chi connectivity index (χ0n) is 6.37. The molecule has 0 N–H and O–H groups in total. The van der Waals surface area contributed by atoms with Crippen LogP contribution in [0.5, 0.6) is 0 Å². The fraction of sp³-hybridized carbons (Fsp3) is 0.333. The SMILES string of the molecule is CC(C)/C=C\c1ccco1. The van der Waals surface area contributed by atoms with Gasteiger partial charge in [-0.1, -0.05) is 19.9 Å². The standard InChI is InChI=1S/C9H12O/c1-8(2)5-6-9-4-3-7-10-9/h3-8H,1-2H3/b6-5-. The topological polar surface area (TPSA) is 13.1 Å². The Morgan fingerprint density at radius 1 is 1.50 bits per heavy atom. The van der Waals surface area contributed by atoms with Crippen molar-refractivity contribution in [3.63, 3.8) is 0 Å². The second-order valence-electron chi connectivity index (χ2n) is 2.62. The predicted octanol–water partition coefficient (Wildman–Crippen LogP) is 2.95. The second kappa shape index (κ2) is 3.25. The van der Waals surface area contributed by atoms with Crippen LogP contribution in [0, 0.1) is 5.92 Å². The van der Waals surface area contributed by atoms with Gasteiger partial charge in [-0.2, -0.15) is 0 Å². The highest BCUT2D eigenvalue weighted by molar-refractivity contribution is 5.42. The Bertz CT molecular complexity index is 195. The van der Waals surface area contributed by atoms with Crippen molar-refractivity contribution in [1.82, 2.24) is 0 Å². The molecule has 0 aliphatic heterocycles. The van der Waals surface area contributed by atoms with Crippen LogP contribution in [0.4, 0.5) is 0 Å². The average Bonchev–Trinajstić information content (AvgIpc) is 2.34. The second-order valence-corrected chi connectivity index (χ2v) is 2.62. The fourth-order valence-electron chi connectivity index (χ4n) is 0.673. The van der Waals surface area contributed by atoms with E-state index in [0.717, 1.165) is 5.76 Å². The van der Waals surface area contributed by atoms with E-state index in [1.54, 1.807) is 6.26 Å². The molecule has 0 bridgehead atoms. The minimum atomic E-state index is 0.588. The monoisotopic (exact) mass is 136 g/mol. The average molecular weight is 136 g/mol. The molecule has 10 heavy (non-hydrogen) atoms. The molecular formula is C9H12O. The lowest BCUT2D eigenvalue weighted by Crippen LogP contribution is -1.75. The van der Waals surface area contributed by atoms with Crippen molar-refractivity contribution >= 4 is 6.08 Å². The lowest BCUT2D eigenvalue weighted by atomic mass is 10.2. The lowest BCUT2D eigenvalue weighted by Gasteiger charge is -1.90. The van der Waals surface area contributed by atoms with E-state index in [0.29, 0.717) is 5.92 Å². The van der Waals surface area contributed by atoms with Crippen LogP contribution in [0.1, 0.15) is 19.6 Å². The highest BCUT2D eigenvalue weighted by Crippen LogP contribution is 2.04. The summed E-state index contributed by atoms with van der Waals surface area (Å²) in [6.07, 6.45) is 5.78. The van der Waals surface area contributed by atoms with Gasteiger partial charge < -0.3 is 4.42 Å². The molecule has 0 unspecified atom stereocenters. The Kier molecular flexibility index (Phi) is 2.32. The summed E-state index contributed by atoms with van der Waals surface area (Å²) in [7, 11) is 0. The normalized spacial score (nSPS) is 11.5. The number of hydrogen-bond donors (Lipinski definition) is 0. The van der Waals surface area contributed by atoms with Gasteiger partial charge in [0.2, 0.25) is 0 Å². The van der Waals surface area contributed by atoms with Crippen molar-refractivity contribution in [2.45, 2.75) is 13.8 Å². The Morgan fingerprint density at radius 2 is 2.30 bits per heavy atom. The molecule has 0 fully saturated rings. The van der Waals surface area contributed by atoms with Crippen LogP contribution in [0.2, 0.25) is 0 Å². The van der Waals surface area contributed by atoms with Gasteiger partial charge in [0, 0.05) is 0 Å². The quantitative estimate of drug-likeness (QED) is 0.609. The molecule has 0 saturated heterocycles. The highest BCUT2D eigenvalue weighted by atomic mass is 16.3. The smallest absolute Gasteiger partial charge is 0.126 e. The van der Waals surface area contributed by atoms with Gasteiger partial charge in [-0.3, -0.25) is 0 Å². The number of rotatable bonds is 2.